The lowest BCUT2D eigenvalue weighted by molar-refractivity contribution is -0.136. The van der Waals surface area contributed by atoms with Gasteiger partial charge in [0.05, 0.1) is 6.42 Å². The Kier molecular flexibility index (Phi) is 5.37. The molecule has 2 N–H and O–H groups in total. The monoisotopic (exact) mass is 159 g/mol. The van der Waals surface area contributed by atoms with E-state index in [1.165, 1.54) is 6.92 Å². The van der Waals surface area contributed by atoms with Gasteiger partial charge in [-0.05, 0) is 6.92 Å². The maximum atomic E-state index is 10.4. The molecule has 64 valence electrons. The number of hydrogen-bond donors (Lipinski definition) is 2. The number of nitrogens with one attached hydrogen (secondary N) is 1. The lowest BCUT2D eigenvalue weighted by Crippen LogP contribution is -2.20. The number of hydrogen-bond acceptors (Lipinski definition) is 3. The summed E-state index contributed by atoms with van der Waals surface area (Å²) >= 11 is 0. The third-order valence-corrected chi connectivity index (χ3v) is 1.17. The van der Waals surface area contributed by atoms with Crippen LogP contribution in [0, 0.1) is 0 Å². The minimum absolute atomic E-state index is 0.109. The van der Waals surface area contributed by atoms with Crippen LogP contribution in [0.5, 0.6) is 0 Å². The summed E-state index contributed by atoms with van der Waals surface area (Å²) in [5.41, 5.74) is 0. The molecule has 0 unspecified atom stereocenters. The van der Waals surface area contributed by atoms with Crippen molar-refractivity contribution in [2.24, 2.45) is 0 Å². The molecule has 0 aliphatic heterocycles. The summed E-state index contributed by atoms with van der Waals surface area (Å²) in [6.45, 7) is 2.52. The van der Waals surface area contributed by atoms with Crippen molar-refractivity contribution in [3.8, 4) is 0 Å². The molecule has 0 aromatic rings. The van der Waals surface area contributed by atoms with Crippen molar-refractivity contribution in [2.45, 2.75) is 19.8 Å². The molecule has 0 spiro atoms. The van der Waals surface area contributed by atoms with E-state index in [1.54, 1.807) is 0 Å². The zero-order valence-electron chi connectivity index (χ0n) is 6.59. The van der Waals surface area contributed by atoms with Crippen LogP contribution in [0.25, 0.3) is 0 Å². The van der Waals surface area contributed by atoms with Crippen LogP contribution in [0.3, 0.4) is 0 Å². The van der Waals surface area contributed by atoms with Gasteiger partial charge in [0.15, 0.2) is 0 Å². The van der Waals surface area contributed by atoms with Crippen LogP contribution in [-0.2, 0) is 9.59 Å². The van der Waals surface area contributed by atoms with E-state index >= 15 is 0 Å². The Morgan fingerprint density at radius 1 is 1.27 bits per heavy atom. The molecular weight excluding hydrogens is 146 g/mol. The highest BCUT2D eigenvalue weighted by atomic mass is 16.4. The van der Waals surface area contributed by atoms with Gasteiger partial charge in [-0.15, -0.1) is 0 Å². The predicted octanol–water partition coefficient (Wildman–Crippen LogP) is 0.0298. The van der Waals surface area contributed by atoms with Crippen molar-refractivity contribution in [3.63, 3.8) is 0 Å². The van der Waals surface area contributed by atoms with Crippen molar-refractivity contribution >= 4 is 11.8 Å². The molecule has 0 atom stereocenters. The molecule has 4 heteroatoms. The predicted molar refractivity (Wildman–Crippen MR) is 40.4 cm³/mol. The smallest absolute Gasteiger partial charge is 0.304 e. The molecule has 0 amide bonds. The minimum atomic E-state index is -0.819. The quantitative estimate of drug-likeness (QED) is 0.536. The largest absolute Gasteiger partial charge is 0.481 e. The first-order valence-electron chi connectivity index (χ1n) is 3.55. The Morgan fingerprint density at radius 3 is 2.27 bits per heavy atom. The number of aliphatic carboxylic acids is 1. The van der Waals surface area contributed by atoms with Gasteiger partial charge in [0.1, 0.15) is 5.78 Å². The Bertz CT molecular complexity index is 129. The number of rotatable bonds is 6. The molecule has 0 aromatic carbocycles. The standard InChI is InChI=1S/C7H13NO3/c1-6(9)2-4-8-5-3-7(10)11/h8H,2-5H2,1H3,(H,10,11). The van der Waals surface area contributed by atoms with Gasteiger partial charge in [0.2, 0.25) is 0 Å². The fourth-order valence-electron chi connectivity index (χ4n) is 0.585. The number of Topliss-reactive ketones (excluding diaryl/α,β-unsaturated/α-hetero) is 1. The van der Waals surface area contributed by atoms with E-state index in [9.17, 15) is 9.59 Å². The van der Waals surface area contributed by atoms with Crippen molar-refractivity contribution in [2.75, 3.05) is 13.1 Å². The first kappa shape index (κ1) is 10.1. The topological polar surface area (TPSA) is 66.4 Å². The SMILES string of the molecule is CC(=O)CCNCCC(=O)O. The van der Waals surface area contributed by atoms with Crippen LogP contribution in [0.1, 0.15) is 19.8 Å². The second kappa shape index (κ2) is 5.85. The third-order valence-electron chi connectivity index (χ3n) is 1.17. The first-order chi connectivity index (χ1) is 5.13. The van der Waals surface area contributed by atoms with E-state index in [0.29, 0.717) is 19.5 Å². The summed E-state index contributed by atoms with van der Waals surface area (Å²) in [4.78, 5) is 20.4. The molecule has 11 heavy (non-hydrogen) atoms. The number of ketones is 1. The molecule has 0 rings (SSSR count). The van der Waals surface area contributed by atoms with E-state index in [1.807, 2.05) is 0 Å². The number of carboxylic acids is 1. The van der Waals surface area contributed by atoms with Crippen molar-refractivity contribution < 1.29 is 14.7 Å². The molecule has 4 nitrogen and oxygen atoms in total. The normalized spacial score (nSPS) is 9.55. The molecule has 0 bridgehead atoms. The van der Waals surface area contributed by atoms with Gasteiger partial charge in [0, 0.05) is 19.5 Å². The first-order valence-corrected chi connectivity index (χ1v) is 3.55. The minimum Gasteiger partial charge on any atom is -0.481 e. The van der Waals surface area contributed by atoms with Gasteiger partial charge in [0.25, 0.3) is 0 Å². The second-order valence-electron chi connectivity index (χ2n) is 2.35. The average Bonchev–Trinajstić information content (AvgIpc) is 1.85. The molecule has 0 fully saturated rings. The summed E-state index contributed by atoms with van der Waals surface area (Å²) in [6, 6.07) is 0. The van der Waals surface area contributed by atoms with E-state index < -0.39 is 5.97 Å². The van der Waals surface area contributed by atoms with Gasteiger partial charge in [-0.25, -0.2) is 0 Å². The summed E-state index contributed by atoms with van der Waals surface area (Å²) < 4.78 is 0. The molecule has 0 saturated carbocycles. The van der Waals surface area contributed by atoms with Gasteiger partial charge in [-0.1, -0.05) is 0 Å². The average molecular weight is 159 g/mol. The van der Waals surface area contributed by atoms with Crippen LogP contribution in [0.4, 0.5) is 0 Å². The van der Waals surface area contributed by atoms with Crippen LogP contribution in [-0.4, -0.2) is 29.9 Å². The van der Waals surface area contributed by atoms with Crippen LogP contribution in [0.2, 0.25) is 0 Å². The highest BCUT2D eigenvalue weighted by molar-refractivity contribution is 5.75. The van der Waals surface area contributed by atoms with Gasteiger partial charge in [-0.2, -0.15) is 0 Å². The molecule has 0 heterocycles. The summed E-state index contributed by atoms with van der Waals surface area (Å²) in [5, 5.41) is 11.1. The Labute approximate surface area is 65.6 Å². The molecular formula is C7H13NO3. The summed E-state index contributed by atoms with van der Waals surface area (Å²) in [7, 11) is 0. The van der Waals surface area contributed by atoms with Crippen molar-refractivity contribution in [3.05, 3.63) is 0 Å². The van der Waals surface area contributed by atoms with Crippen LogP contribution in [0.15, 0.2) is 0 Å². The van der Waals surface area contributed by atoms with Gasteiger partial charge in [-0.3, -0.25) is 9.59 Å². The lowest BCUT2D eigenvalue weighted by Gasteiger charge is -1.98. The maximum absolute atomic E-state index is 10.4. The van der Waals surface area contributed by atoms with Crippen LogP contribution < -0.4 is 5.32 Å². The lowest BCUT2D eigenvalue weighted by atomic mass is 10.3. The number of carbonyl (C=O) groups excluding carboxylic acids is 1. The van der Waals surface area contributed by atoms with Gasteiger partial charge >= 0.3 is 5.97 Å². The number of carbonyl (C=O) groups is 2. The zero-order valence-corrected chi connectivity index (χ0v) is 6.59. The Balaban J connectivity index is 3.03. The Morgan fingerprint density at radius 2 is 1.82 bits per heavy atom. The van der Waals surface area contributed by atoms with E-state index in [-0.39, 0.29) is 12.2 Å². The molecule has 0 aromatic heterocycles. The molecule has 0 aliphatic rings. The zero-order chi connectivity index (χ0) is 8.69. The maximum Gasteiger partial charge on any atom is 0.304 e. The third kappa shape index (κ3) is 9.10. The van der Waals surface area contributed by atoms with E-state index in [0.717, 1.165) is 0 Å². The molecule has 0 aliphatic carbocycles. The van der Waals surface area contributed by atoms with Gasteiger partial charge < -0.3 is 10.4 Å². The molecule has 0 radical (unpaired) electrons. The fourth-order valence-corrected chi connectivity index (χ4v) is 0.585. The van der Waals surface area contributed by atoms with Crippen molar-refractivity contribution in [1.82, 2.24) is 5.32 Å². The van der Waals surface area contributed by atoms with Crippen LogP contribution >= 0.6 is 0 Å². The Hall–Kier alpha value is -0.900. The summed E-state index contributed by atoms with van der Waals surface area (Å²) in [5.74, 6) is -0.701. The number of carboxylic acid groups (broad SMARTS) is 1. The molecule has 0 saturated heterocycles. The second-order valence-corrected chi connectivity index (χ2v) is 2.35. The fraction of sp³-hybridized carbons (Fsp3) is 0.714. The highest BCUT2D eigenvalue weighted by Gasteiger charge is 1.95. The van der Waals surface area contributed by atoms with E-state index in [2.05, 4.69) is 5.32 Å². The van der Waals surface area contributed by atoms with E-state index in [4.69, 9.17) is 5.11 Å². The highest BCUT2D eigenvalue weighted by Crippen LogP contribution is 1.79. The van der Waals surface area contributed by atoms with Crippen molar-refractivity contribution in [1.29, 1.82) is 0 Å². The summed E-state index contributed by atoms with van der Waals surface area (Å²) in [6.07, 6.45) is 0.581.